The lowest BCUT2D eigenvalue weighted by Gasteiger charge is -2.34. The van der Waals surface area contributed by atoms with Crippen molar-refractivity contribution in [3.63, 3.8) is 0 Å². The van der Waals surface area contributed by atoms with Gasteiger partial charge in [-0.3, -0.25) is 9.69 Å². The van der Waals surface area contributed by atoms with Gasteiger partial charge in [0.15, 0.2) is 0 Å². The first-order valence-electron chi connectivity index (χ1n) is 7.39. The van der Waals surface area contributed by atoms with Gasteiger partial charge in [-0.25, -0.2) is 4.31 Å². The van der Waals surface area contributed by atoms with Crippen LogP contribution in [0.3, 0.4) is 0 Å². The van der Waals surface area contributed by atoms with Crippen LogP contribution in [0.15, 0.2) is 24.3 Å². The second-order valence-corrected chi connectivity index (χ2v) is 6.52. The average molecular weight is 307 g/mol. The highest BCUT2D eigenvalue weighted by molar-refractivity contribution is 7.96. The van der Waals surface area contributed by atoms with Gasteiger partial charge in [0, 0.05) is 38.4 Å². The summed E-state index contributed by atoms with van der Waals surface area (Å²) in [6.07, 6.45) is 2.14. The highest BCUT2D eigenvalue weighted by Crippen LogP contribution is 2.19. The normalized spacial score (nSPS) is 16.5. The number of piperazine rings is 1. The summed E-state index contributed by atoms with van der Waals surface area (Å²) in [6.45, 7) is 7.37. The number of benzene rings is 1. The number of likely N-dealkylation sites (N-methyl/N-ethyl adjacent to an activating group) is 1. The van der Waals surface area contributed by atoms with E-state index in [4.69, 9.17) is 0 Å². The largest absolute Gasteiger partial charge is 0.369 e. The number of nitrogens with zero attached hydrogens (tertiary/aromatic N) is 3. The van der Waals surface area contributed by atoms with Crippen molar-refractivity contribution in [1.82, 2.24) is 9.21 Å². The third-order valence-corrected chi connectivity index (χ3v) is 4.62. The maximum Gasteiger partial charge on any atom is 0.143 e. The molecule has 1 fully saturated rings. The molecule has 4 nitrogen and oxygen atoms in total. The van der Waals surface area contributed by atoms with E-state index in [2.05, 4.69) is 44.6 Å². The topological polar surface area (TPSA) is 26.8 Å². The highest BCUT2D eigenvalue weighted by Gasteiger charge is 2.16. The molecule has 21 heavy (non-hydrogen) atoms. The lowest BCUT2D eigenvalue weighted by atomic mass is 10.1. The highest BCUT2D eigenvalue weighted by atomic mass is 32.2. The lowest BCUT2D eigenvalue weighted by molar-refractivity contribution is -0.117. The molecule has 116 valence electrons. The van der Waals surface area contributed by atoms with Crippen LogP contribution in [0.25, 0.3) is 0 Å². The minimum absolute atomic E-state index is 0.209. The molecule has 1 aliphatic rings. The molecule has 0 radical (unpaired) electrons. The number of hydrogen-bond acceptors (Lipinski definition) is 5. The van der Waals surface area contributed by atoms with Crippen molar-refractivity contribution in [2.75, 3.05) is 50.9 Å². The van der Waals surface area contributed by atoms with E-state index in [0.29, 0.717) is 6.54 Å². The van der Waals surface area contributed by atoms with Gasteiger partial charge in [-0.2, -0.15) is 0 Å². The van der Waals surface area contributed by atoms with Crippen molar-refractivity contribution in [3.8, 4) is 0 Å². The summed E-state index contributed by atoms with van der Waals surface area (Å²) in [5.41, 5.74) is 2.55. The van der Waals surface area contributed by atoms with Crippen LogP contribution in [-0.2, 0) is 11.3 Å². The zero-order chi connectivity index (χ0) is 15.2. The van der Waals surface area contributed by atoms with E-state index in [1.54, 1.807) is 6.92 Å². The van der Waals surface area contributed by atoms with Crippen molar-refractivity contribution < 1.29 is 4.79 Å². The van der Waals surface area contributed by atoms with Gasteiger partial charge >= 0.3 is 0 Å². The van der Waals surface area contributed by atoms with E-state index in [1.165, 1.54) is 11.3 Å². The standard InChI is InChI=1S/C16H25N3OS/c1-14(20)12-17(2)13-15-4-6-16(7-5-15)18-8-10-19(21-3)11-9-18/h4-7H,8-13H2,1-3H3. The van der Waals surface area contributed by atoms with Gasteiger partial charge in [-0.05, 0) is 37.9 Å². The van der Waals surface area contributed by atoms with Crippen molar-refractivity contribution in [2.45, 2.75) is 13.5 Å². The van der Waals surface area contributed by atoms with Crippen LogP contribution in [0.4, 0.5) is 5.69 Å². The molecule has 1 aromatic rings. The SMILES string of the molecule is CSN1CCN(c2ccc(CN(C)CC(C)=O)cc2)CC1. The Hall–Kier alpha value is -1.04. The monoisotopic (exact) mass is 307 g/mol. The van der Waals surface area contributed by atoms with Crippen LogP contribution in [0, 0.1) is 0 Å². The minimum Gasteiger partial charge on any atom is -0.369 e. The number of Topliss-reactive ketones (excluding diaryl/α,β-unsaturated/α-hetero) is 1. The summed E-state index contributed by atoms with van der Waals surface area (Å²) in [7, 11) is 1.98. The second kappa shape index (κ2) is 7.82. The van der Waals surface area contributed by atoms with Crippen LogP contribution >= 0.6 is 11.9 Å². The molecule has 1 aliphatic heterocycles. The smallest absolute Gasteiger partial charge is 0.143 e. The number of anilines is 1. The van der Waals surface area contributed by atoms with Gasteiger partial charge < -0.3 is 4.90 Å². The Bertz CT molecular complexity index is 455. The fraction of sp³-hybridized carbons (Fsp3) is 0.562. The Morgan fingerprint density at radius 2 is 1.81 bits per heavy atom. The number of carbonyl (C=O) groups is 1. The van der Waals surface area contributed by atoms with E-state index >= 15 is 0 Å². The molecule has 0 saturated carbocycles. The van der Waals surface area contributed by atoms with E-state index in [1.807, 2.05) is 19.0 Å². The molecular weight excluding hydrogens is 282 g/mol. The maximum atomic E-state index is 11.1. The number of carbonyl (C=O) groups excluding carboxylic acids is 1. The Kier molecular flexibility index (Phi) is 6.08. The lowest BCUT2D eigenvalue weighted by Crippen LogP contribution is -2.43. The Balaban J connectivity index is 1.88. The molecule has 2 rings (SSSR count). The summed E-state index contributed by atoms with van der Waals surface area (Å²) in [6, 6.07) is 8.75. The molecule has 0 aliphatic carbocycles. The minimum atomic E-state index is 0.209. The van der Waals surface area contributed by atoms with Crippen LogP contribution in [0.1, 0.15) is 12.5 Å². The molecule has 1 heterocycles. The Morgan fingerprint density at radius 3 is 2.33 bits per heavy atom. The molecule has 0 N–H and O–H groups in total. The molecule has 1 aromatic carbocycles. The van der Waals surface area contributed by atoms with Gasteiger partial charge in [0.05, 0.1) is 6.54 Å². The van der Waals surface area contributed by atoms with Crippen molar-refractivity contribution in [2.24, 2.45) is 0 Å². The summed E-state index contributed by atoms with van der Waals surface area (Å²) < 4.78 is 2.40. The number of rotatable bonds is 6. The molecule has 0 aromatic heterocycles. The molecule has 5 heteroatoms. The summed E-state index contributed by atoms with van der Waals surface area (Å²) >= 11 is 1.83. The first-order chi connectivity index (χ1) is 10.1. The van der Waals surface area contributed by atoms with E-state index in [-0.39, 0.29) is 5.78 Å². The third-order valence-electron chi connectivity index (χ3n) is 3.74. The van der Waals surface area contributed by atoms with Gasteiger partial charge in [-0.1, -0.05) is 24.1 Å². The molecule has 1 saturated heterocycles. The fourth-order valence-corrected chi connectivity index (χ4v) is 3.22. The molecule has 0 bridgehead atoms. The zero-order valence-electron chi connectivity index (χ0n) is 13.2. The van der Waals surface area contributed by atoms with Crippen molar-refractivity contribution in [1.29, 1.82) is 0 Å². The first kappa shape index (κ1) is 16.3. The summed E-state index contributed by atoms with van der Waals surface area (Å²) in [5, 5.41) is 0. The second-order valence-electron chi connectivity index (χ2n) is 5.64. The first-order valence-corrected chi connectivity index (χ1v) is 8.57. The molecule has 0 spiro atoms. The molecule has 0 unspecified atom stereocenters. The molecular formula is C16H25N3OS. The predicted molar refractivity (Wildman–Crippen MR) is 90.8 cm³/mol. The van der Waals surface area contributed by atoms with Gasteiger partial charge in [-0.15, -0.1) is 0 Å². The number of ketones is 1. The molecule has 0 atom stereocenters. The predicted octanol–water partition coefficient (Wildman–Crippen LogP) is 2.11. The quantitative estimate of drug-likeness (QED) is 0.750. The number of hydrogen-bond donors (Lipinski definition) is 0. The zero-order valence-corrected chi connectivity index (χ0v) is 14.0. The van der Waals surface area contributed by atoms with Gasteiger partial charge in [0.1, 0.15) is 5.78 Å². The van der Waals surface area contributed by atoms with Crippen LogP contribution in [-0.4, -0.2) is 61.0 Å². The Labute approximate surface area is 132 Å². The van der Waals surface area contributed by atoms with Crippen LogP contribution in [0.2, 0.25) is 0 Å². The average Bonchev–Trinajstić information content (AvgIpc) is 2.47. The van der Waals surface area contributed by atoms with Gasteiger partial charge in [0.2, 0.25) is 0 Å². The molecule has 0 amide bonds. The third kappa shape index (κ3) is 5.02. The Morgan fingerprint density at radius 1 is 1.19 bits per heavy atom. The van der Waals surface area contributed by atoms with E-state index in [0.717, 1.165) is 32.7 Å². The van der Waals surface area contributed by atoms with Gasteiger partial charge in [0.25, 0.3) is 0 Å². The summed E-state index contributed by atoms with van der Waals surface area (Å²) in [4.78, 5) is 15.6. The van der Waals surface area contributed by atoms with Crippen molar-refractivity contribution in [3.05, 3.63) is 29.8 Å². The summed E-state index contributed by atoms with van der Waals surface area (Å²) in [5.74, 6) is 0.209. The van der Waals surface area contributed by atoms with Crippen LogP contribution < -0.4 is 4.90 Å². The maximum absolute atomic E-state index is 11.1. The van der Waals surface area contributed by atoms with E-state index in [9.17, 15) is 4.79 Å². The fourth-order valence-electron chi connectivity index (χ4n) is 2.69. The van der Waals surface area contributed by atoms with E-state index < -0.39 is 0 Å². The van der Waals surface area contributed by atoms with Crippen LogP contribution in [0.5, 0.6) is 0 Å². The van der Waals surface area contributed by atoms with Crippen molar-refractivity contribution >= 4 is 23.4 Å².